The molecule has 3 heteroatoms. The summed E-state index contributed by atoms with van der Waals surface area (Å²) in [6, 6.07) is 4.72. The maximum absolute atomic E-state index is 9.58. The van der Waals surface area contributed by atoms with Crippen LogP contribution >= 0.6 is 0 Å². The summed E-state index contributed by atoms with van der Waals surface area (Å²) < 4.78 is 0. The van der Waals surface area contributed by atoms with Gasteiger partial charge in [-0.15, -0.1) is 0 Å². The summed E-state index contributed by atoms with van der Waals surface area (Å²) in [4.78, 5) is 0. The molecule has 3 N–H and O–H groups in total. The molecule has 88 valence electrons. The van der Waals surface area contributed by atoms with E-state index in [-0.39, 0.29) is 11.5 Å². The number of aromatic hydroxyl groups is 2. The van der Waals surface area contributed by atoms with E-state index in [9.17, 15) is 5.11 Å². The fraction of sp³-hybridized carbons (Fsp3) is 0.538. The van der Waals surface area contributed by atoms with Crippen molar-refractivity contribution in [3.63, 3.8) is 0 Å². The van der Waals surface area contributed by atoms with Crippen molar-refractivity contribution < 1.29 is 10.2 Å². The molecule has 1 aromatic rings. The van der Waals surface area contributed by atoms with Crippen LogP contribution in [0.2, 0.25) is 0 Å². The van der Waals surface area contributed by atoms with Gasteiger partial charge < -0.3 is 15.5 Å². The zero-order valence-corrected chi connectivity index (χ0v) is 9.61. The first-order chi connectivity index (χ1) is 7.66. The number of hydrogen-bond acceptors (Lipinski definition) is 3. The van der Waals surface area contributed by atoms with Crippen LogP contribution in [0.4, 0.5) is 0 Å². The van der Waals surface area contributed by atoms with E-state index < -0.39 is 0 Å². The molecule has 0 radical (unpaired) electrons. The van der Waals surface area contributed by atoms with Crippen LogP contribution in [-0.2, 0) is 6.54 Å². The molecule has 1 aliphatic carbocycles. The van der Waals surface area contributed by atoms with Crippen LogP contribution in [0.15, 0.2) is 18.2 Å². The van der Waals surface area contributed by atoms with Gasteiger partial charge in [0.25, 0.3) is 0 Å². The lowest BCUT2D eigenvalue weighted by Gasteiger charge is -2.12. The van der Waals surface area contributed by atoms with E-state index in [0.29, 0.717) is 6.54 Å². The van der Waals surface area contributed by atoms with Gasteiger partial charge in [-0.05, 0) is 37.3 Å². The lowest BCUT2D eigenvalue weighted by molar-refractivity contribution is 0.434. The number of phenolic OH excluding ortho intramolecular Hbond substituents is 2. The first-order valence-corrected chi connectivity index (χ1v) is 5.88. The molecule has 2 rings (SSSR count). The molecule has 1 aromatic carbocycles. The molecule has 0 aromatic heterocycles. The Morgan fingerprint density at radius 3 is 2.75 bits per heavy atom. The van der Waals surface area contributed by atoms with Crippen molar-refractivity contribution in [2.75, 3.05) is 6.54 Å². The van der Waals surface area contributed by atoms with Gasteiger partial charge in [0.2, 0.25) is 0 Å². The number of phenols is 2. The predicted molar refractivity (Wildman–Crippen MR) is 63.4 cm³/mol. The molecule has 1 unspecified atom stereocenters. The lowest BCUT2D eigenvalue weighted by atomic mass is 10.1. The largest absolute Gasteiger partial charge is 0.508 e. The Hall–Kier alpha value is -1.22. The van der Waals surface area contributed by atoms with Crippen molar-refractivity contribution in [3.8, 4) is 11.5 Å². The van der Waals surface area contributed by atoms with Gasteiger partial charge in [0.15, 0.2) is 0 Å². The molecule has 1 saturated carbocycles. The smallest absolute Gasteiger partial charge is 0.123 e. The standard InChI is InChI=1S/C13H19NO2/c1-9(10-2-3-10)7-14-8-11-4-5-12(15)6-13(11)16/h4-6,9-10,14-16H,2-3,7-8H2,1H3. The summed E-state index contributed by atoms with van der Waals surface area (Å²) in [5, 5.41) is 22.1. The molecular formula is C13H19NO2. The molecule has 1 aliphatic rings. The van der Waals surface area contributed by atoms with Gasteiger partial charge in [0, 0.05) is 18.2 Å². The van der Waals surface area contributed by atoms with E-state index in [1.165, 1.54) is 18.9 Å². The minimum Gasteiger partial charge on any atom is -0.508 e. The van der Waals surface area contributed by atoms with Crippen LogP contribution in [-0.4, -0.2) is 16.8 Å². The molecule has 1 atom stereocenters. The van der Waals surface area contributed by atoms with Crippen molar-refractivity contribution >= 4 is 0 Å². The fourth-order valence-electron chi connectivity index (χ4n) is 1.97. The van der Waals surface area contributed by atoms with Crippen molar-refractivity contribution in [2.45, 2.75) is 26.3 Å². The van der Waals surface area contributed by atoms with Crippen LogP contribution < -0.4 is 5.32 Å². The van der Waals surface area contributed by atoms with Gasteiger partial charge >= 0.3 is 0 Å². The highest BCUT2D eigenvalue weighted by molar-refractivity contribution is 5.38. The highest BCUT2D eigenvalue weighted by Crippen LogP contribution is 2.36. The lowest BCUT2D eigenvalue weighted by Crippen LogP contribution is -2.21. The molecular weight excluding hydrogens is 202 g/mol. The van der Waals surface area contributed by atoms with Crippen molar-refractivity contribution in [2.24, 2.45) is 11.8 Å². The van der Waals surface area contributed by atoms with Crippen LogP contribution in [0.1, 0.15) is 25.3 Å². The van der Waals surface area contributed by atoms with Gasteiger partial charge in [-0.25, -0.2) is 0 Å². The predicted octanol–water partition coefficient (Wildman–Crippen LogP) is 2.23. The Balaban J connectivity index is 1.80. The van der Waals surface area contributed by atoms with Crippen LogP contribution in [0.3, 0.4) is 0 Å². The maximum atomic E-state index is 9.58. The molecule has 0 spiro atoms. The first-order valence-electron chi connectivity index (χ1n) is 5.88. The van der Waals surface area contributed by atoms with Crippen LogP contribution in [0.25, 0.3) is 0 Å². The molecule has 0 amide bonds. The van der Waals surface area contributed by atoms with E-state index in [2.05, 4.69) is 12.2 Å². The second-order valence-electron chi connectivity index (χ2n) is 4.76. The molecule has 0 saturated heterocycles. The quantitative estimate of drug-likeness (QED) is 0.714. The zero-order valence-electron chi connectivity index (χ0n) is 9.61. The van der Waals surface area contributed by atoms with E-state index in [0.717, 1.165) is 23.9 Å². The average molecular weight is 221 g/mol. The van der Waals surface area contributed by atoms with Crippen molar-refractivity contribution in [1.82, 2.24) is 5.32 Å². The fourth-order valence-corrected chi connectivity index (χ4v) is 1.97. The summed E-state index contributed by atoms with van der Waals surface area (Å²) in [7, 11) is 0. The Morgan fingerprint density at radius 1 is 1.38 bits per heavy atom. The van der Waals surface area contributed by atoms with Gasteiger partial charge in [0.05, 0.1) is 0 Å². The molecule has 16 heavy (non-hydrogen) atoms. The summed E-state index contributed by atoms with van der Waals surface area (Å²) in [5.74, 6) is 1.89. The molecule has 0 aliphatic heterocycles. The second-order valence-corrected chi connectivity index (χ2v) is 4.76. The Labute approximate surface area is 96.1 Å². The third-order valence-corrected chi connectivity index (χ3v) is 3.28. The minimum absolute atomic E-state index is 0.104. The minimum atomic E-state index is 0.104. The highest BCUT2D eigenvalue weighted by atomic mass is 16.3. The number of hydrogen-bond donors (Lipinski definition) is 3. The van der Waals surface area contributed by atoms with Gasteiger partial charge in [0.1, 0.15) is 11.5 Å². The van der Waals surface area contributed by atoms with E-state index in [4.69, 9.17) is 5.11 Å². The Morgan fingerprint density at radius 2 is 2.12 bits per heavy atom. The third-order valence-electron chi connectivity index (χ3n) is 3.28. The average Bonchev–Trinajstić information content (AvgIpc) is 3.04. The third kappa shape index (κ3) is 2.89. The maximum Gasteiger partial charge on any atom is 0.123 e. The van der Waals surface area contributed by atoms with E-state index in [1.54, 1.807) is 12.1 Å². The normalized spacial score (nSPS) is 17.3. The monoisotopic (exact) mass is 221 g/mol. The van der Waals surface area contributed by atoms with Crippen LogP contribution in [0, 0.1) is 11.8 Å². The van der Waals surface area contributed by atoms with Crippen LogP contribution in [0.5, 0.6) is 11.5 Å². The summed E-state index contributed by atoms with van der Waals surface area (Å²) in [6.07, 6.45) is 2.74. The zero-order chi connectivity index (χ0) is 11.5. The molecule has 0 heterocycles. The molecule has 0 bridgehead atoms. The van der Waals surface area contributed by atoms with E-state index >= 15 is 0 Å². The summed E-state index contributed by atoms with van der Waals surface area (Å²) in [5.41, 5.74) is 0.834. The second kappa shape index (κ2) is 4.74. The van der Waals surface area contributed by atoms with Gasteiger partial charge in [-0.1, -0.05) is 13.0 Å². The SMILES string of the molecule is CC(CNCc1ccc(O)cc1O)C1CC1. The Bertz CT molecular complexity index is 361. The summed E-state index contributed by atoms with van der Waals surface area (Å²) in [6.45, 7) is 3.91. The van der Waals surface area contributed by atoms with E-state index in [1.807, 2.05) is 0 Å². The number of benzene rings is 1. The Kier molecular flexibility index (Phi) is 3.34. The van der Waals surface area contributed by atoms with Gasteiger partial charge in [-0.3, -0.25) is 0 Å². The molecule has 3 nitrogen and oxygen atoms in total. The topological polar surface area (TPSA) is 52.5 Å². The number of rotatable bonds is 5. The van der Waals surface area contributed by atoms with Crippen molar-refractivity contribution in [3.05, 3.63) is 23.8 Å². The molecule has 1 fully saturated rings. The summed E-state index contributed by atoms with van der Waals surface area (Å²) >= 11 is 0. The first kappa shape index (κ1) is 11.3. The number of nitrogens with one attached hydrogen (secondary N) is 1. The highest BCUT2D eigenvalue weighted by Gasteiger charge is 2.27. The van der Waals surface area contributed by atoms with Crippen molar-refractivity contribution in [1.29, 1.82) is 0 Å². The van der Waals surface area contributed by atoms with Gasteiger partial charge in [-0.2, -0.15) is 0 Å².